The highest BCUT2D eigenvalue weighted by Crippen LogP contribution is 2.34. The van der Waals surface area contributed by atoms with Crippen molar-refractivity contribution < 1.29 is 19.3 Å². The number of aliphatic hydroxyl groups excluding tert-OH is 1. The van der Waals surface area contributed by atoms with Gasteiger partial charge in [0.25, 0.3) is 0 Å². The summed E-state index contributed by atoms with van der Waals surface area (Å²) < 4.78 is 20.1. The van der Waals surface area contributed by atoms with E-state index in [1.807, 2.05) is 91.0 Å². The van der Waals surface area contributed by atoms with E-state index in [1.54, 1.807) is 12.3 Å². The van der Waals surface area contributed by atoms with Crippen LogP contribution in [0.1, 0.15) is 22.9 Å². The molecule has 1 aliphatic heterocycles. The van der Waals surface area contributed by atoms with Gasteiger partial charge >= 0.3 is 5.69 Å². The van der Waals surface area contributed by atoms with Crippen molar-refractivity contribution >= 4 is 5.82 Å². The van der Waals surface area contributed by atoms with Crippen LogP contribution < -0.4 is 11.0 Å². The number of aromatic nitrogens is 2. The van der Waals surface area contributed by atoms with E-state index < -0.39 is 30.2 Å². The van der Waals surface area contributed by atoms with E-state index in [4.69, 9.17) is 14.2 Å². The van der Waals surface area contributed by atoms with E-state index in [1.165, 1.54) is 4.57 Å². The zero-order chi connectivity index (χ0) is 26.2. The summed E-state index contributed by atoms with van der Waals surface area (Å²) in [7, 11) is 0. The molecule has 8 heteroatoms. The zero-order valence-corrected chi connectivity index (χ0v) is 20.9. The molecule has 1 saturated heterocycles. The smallest absolute Gasteiger partial charge is 0.351 e. The van der Waals surface area contributed by atoms with Gasteiger partial charge in [-0.05, 0) is 22.8 Å². The summed E-state index contributed by atoms with van der Waals surface area (Å²) in [6.45, 7) is 0.883. The quantitative estimate of drug-likeness (QED) is 0.314. The molecule has 4 aromatic rings. The lowest BCUT2D eigenvalue weighted by Gasteiger charge is -2.25. The first kappa shape index (κ1) is 25.8. The van der Waals surface area contributed by atoms with Gasteiger partial charge in [-0.3, -0.25) is 4.57 Å². The maximum absolute atomic E-state index is 13.1. The van der Waals surface area contributed by atoms with Gasteiger partial charge in [0.2, 0.25) is 0 Å². The Bertz CT molecular complexity index is 1330. The van der Waals surface area contributed by atoms with Crippen LogP contribution in [-0.2, 0) is 34.0 Å². The molecule has 196 valence electrons. The number of anilines is 1. The summed E-state index contributed by atoms with van der Waals surface area (Å²) in [6.07, 6.45) is -1.11. The molecule has 0 radical (unpaired) electrons. The number of benzene rings is 3. The molecule has 38 heavy (non-hydrogen) atoms. The molecule has 2 heterocycles. The minimum Gasteiger partial charge on any atom is -0.394 e. The molecule has 0 bridgehead atoms. The van der Waals surface area contributed by atoms with Gasteiger partial charge < -0.3 is 24.6 Å². The number of hydrogen-bond acceptors (Lipinski definition) is 7. The Morgan fingerprint density at radius 2 is 1.34 bits per heavy atom. The van der Waals surface area contributed by atoms with Gasteiger partial charge in [0.05, 0.1) is 19.8 Å². The minimum atomic E-state index is -0.820. The fourth-order valence-corrected chi connectivity index (χ4v) is 4.48. The van der Waals surface area contributed by atoms with Crippen molar-refractivity contribution in [3.05, 3.63) is 130 Å². The molecule has 4 atom stereocenters. The third-order valence-electron chi connectivity index (χ3n) is 6.46. The Hall–Kier alpha value is -3.82. The molecule has 8 nitrogen and oxygen atoms in total. The van der Waals surface area contributed by atoms with Crippen LogP contribution in [0.15, 0.2) is 108 Å². The van der Waals surface area contributed by atoms with Crippen molar-refractivity contribution in [1.82, 2.24) is 9.55 Å². The van der Waals surface area contributed by atoms with Crippen molar-refractivity contribution in [2.24, 2.45) is 0 Å². The maximum atomic E-state index is 13.1. The Morgan fingerprint density at radius 3 is 1.89 bits per heavy atom. The van der Waals surface area contributed by atoms with E-state index in [0.717, 1.165) is 16.7 Å². The molecule has 1 fully saturated rings. The van der Waals surface area contributed by atoms with Crippen molar-refractivity contribution in [1.29, 1.82) is 0 Å². The lowest BCUT2D eigenvalue weighted by atomic mass is 10.1. The highest BCUT2D eigenvalue weighted by molar-refractivity contribution is 5.33. The van der Waals surface area contributed by atoms with Gasteiger partial charge in [0.1, 0.15) is 24.1 Å². The fourth-order valence-electron chi connectivity index (χ4n) is 4.48. The van der Waals surface area contributed by atoms with E-state index in [2.05, 4.69) is 10.3 Å². The highest BCUT2D eigenvalue weighted by atomic mass is 16.6. The van der Waals surface area contributed by atoms with Crippen molar-refractivity contribution in [2.75, 3.05) is 11.9 Å². The van der Waals surface area contributed by atoms with Crippen LogP contribution in [0, 0.1) is 0 Å². The van der Waals surface area contributed by atoms with Crippen LogP contribution in [0.4, 0.5) is 5.82 Å². The summed E-state index contributed by atoms with van der Waals surface area (Å²) in [6, 6.07) is 31.1. The molecule has 0 saturated carbocycles. The third-order valence-corrected chi connectivity index (χ3v) is 6.46. The van der Waals surface area contributed by atoms with Gasteiger partial charge in [0, 0.05) is 12.7 Å². The van der Waals surface area contributed by atoms with Crippen molar-refractivity contribution in [3.8, 4) is 0 Å². The van der Waals surface area contributed by atoms with E-state index in [0.29, 0.717) is 25.6 Å². The normalized spacial score (nSPS) is 20.9. The molecular weight excluding hydrogens is 482 g/mol. The molecule has 1 aliphatic rings. The number of nitrogens with one attached hydrogen (secondary N) is 1. The largest absolute Gasteiger partial charge is 0.394 e. The fraction of sp³-hybridized carbons (Fsp3) is 0.267. The van der Waals surface area contributed by atoms with Crippen molar-refractivity contribution in [3.63, 3.8) is 0 Å². The molecule has 3 aromatic carbocycles. The first-order valence-electron chi connectivity index (χ1n) is 12.7. The van der Waals surface area contributed by atoms with Crippen LogP contribution in [0.5, 0.6) is 0 Å². The average molecular weight is 514 g/mol. The van der Waals surface area contributed by atoms with Crippen LogP contribution in [0.3, 0.4) is 0 Å². The summed E-state index contributed by atoms with van der Waals surface area (Å²) in [5, 5.41) is 13.3. The second-order valence-electron chi connectivity index (χ2n) is 9.11. The summed E-state index contributed by atoms with van der Waals surface area (Å²) in [5.41, 5.74) is 2.56. The number of nitrogens with zero attached hydrogens (tertiary/aromatic N) is 2. The maximum Gasteiger partial charge on any atom is 0.351 e. The molecule has 0 amide bonds. The second-order valence-corrected chi connectivity index (χ2v) is 9.11. The molecule has 5 rings (SSSR count). The molecule has 2 N–H and O–H groups in total. The summed E-state index contributed by atoms with van der Waals surface area (Å²) in [4.78, 5) is 17.3. The molecule has 0 spiro atoms. The Labute approximate surface area is 221 Å². The lowest BCUT2D eigenvalue weighted by molar-refractivity contribution is -0.0914. The lowest BCUT2D eigenvalue weighted by Crippen LogP contribution is -2.39. The van der Waals surface area contributed by atoms with Crippen LogP contribution >= 0.6 is 0 Å². The van der Waals surface area contributed by atoms with Crippen LogP contribution in [0.2, 0.25) is 0 Å². The molecular formula is C30H31N3O5. The first-order valence-corrected chi connectivity index (χ1v) is 12.7. The summed E-state index contributed by atoms with van der Waals surface area (Å²) in [5.74, 6) is 0.463. The second kappa shape index (κ2) is 12.6. The monoisotopic (exact) mass is 513 g/mol. The number of aliphatic hydroxyl groups is 1. The van der Waals surface area contributed by atoms with Crippen molar-refractivity contribution in [2.45, 2.75) is 44.3 Å². The first-order chi connectivity index (χ1) is 18.7. The van der Waals surface area contributed by atoms with E-state index in [9.17, 15) is 9.90 Å². The van der Waals surface area contributed by atoms with Gasteiger partial charge in [-0.2, -0.15) is 4.98 Å². The number of hydrogen-bond donors (Lipinski definition) is 2. The number of ether oxygens (including phenoxy) is 3. The SMILES string of the molecule is O=c1nc(NCc2ccccc2)ccn1[C@@H]1O[C@H](CO)[C@@H](OCc2ccccc2)[C@H]1OCc1ccccc1. The Morgan fingerprint density at radius 1 is 0.789 bits per heavy atom. The molecule has 1 aromatic heterocycles. The predicted molar refractivity (Wildman–Crippen MR) is 143 cm³/mol. The zero-order valence-electron chi connectivity index (χ0n) is 20.9. The van der Waals surface area contributed by atoms with Gasteiger partial charge in [-0.15, -0.1) is 0 Å². The van der Waals surface area contributed by atoms with Crippen LogP contribution in [0.25, 0.3) is 0 Å². The Kier molecular flexibility index (Phi) is 8.57. The van der Waals surface area contributed by atoms with Gasteiger partial charge in [0.15, 0.2) is 6.23 Å². The summed E-state index contributed by atoms with van der Waals surface area (Å²) >= 11 is 0. The van der Waals surface area contributed by atoms with E-state index >= 15 is 0 Å². The number of rotatable bonds is 11. The highest BCUT2D eigenvalue weighted by Gasteiger charge is 2.47. The van der Waals surface area contributed by atoms with Gasteiger partial charge in [-0.25, -0.2) is 4.79 Å². The molecule has 0 aliphatic carbocycles. The third kappa shape index (κ3) is 6.35. The predicted octanol–water partition coefficient (Wildman–Crippen LogP) is 3.92. The van der Waals surface area contributed by atoms with Crippen LogP contribution in [-0.4, -0.2) is 39.6 Å². The minimum absolute atomic E-state index is 0.278. The van der Waals surface area contributed by atoms with Gasteiger partial charge in [-0.1, -0.05) is 91.0 Å². The molecule has 0 unspecified atom stereocenters. The Balaban J connectivity index is 1.36. The standard InChI is InChI=1S/C30H31N3O5/c34-19-25-27(36-20-23-12-6-2-7-13-23)28(37-21-24-14-8-3-9-15-24)29(38-25)33-17-16-26(32-30(33)35)31-18-22-10-4-1-5-11-22/h1-17,25,27-29,34H,18-21H2,(H,31,32,35)/t25-,27-,28-,29-/m1/s1. The topological polar surface area (TPSA) is 94.8 Å². The van der Waals surface area contributed by atoms with E-state index in [-0.39, 0.29) is 6.61 Å². The average Bonchev–Trinajstić information content (AvgIpc) is 3.32.